The Labute approximate surface area is 90.0 Å². The van der Waals surface area contributed by atoms with Crippen LogP contribution in [0.25, 0.3) is 0 Å². The van der Waals surface area contributed by atoms with Gasteiger partial charge in [0.2, 0.25) is 5.79 Å². The number of hydrogen-bond donors (Lipinski definition) is 6. The number of rotatable bonds is 3. The molecule has 1 rings (SSSR count). The lowest BCUT2D eigenvalue weighted by atomic mass is 9.97. The largest absolute Gasteiger partial charge is 0.504 e. The zero-order valence-electron chi connectivity index (χ0n) is 8.03. The van der Waals surface area contributed by atoms with Gasteiger partial charge in [0.25, 0.3) is 0 Å². The number of nitrogens with two attached hydrogens (primary N) is 1. The predicted octanol–water partition coefficient (Wildman–Crippen LogP) is -1.35. The Bertz CT molecular complexity index is 416. The smallest absolute Gasteiger partial charge is 0.326 e. The molecule has 0 spiro atoms. The van der Waals surface area contributed by atoms with Crippen LogP contribution in [0.5, 0.6) is 11.5 Å². The minimum Gasteiger partial charge on any atom is -0.504 e. The van der Waals surface area contributed by atoms with E-state index in [-0.39, 0.29) is 0 Å². The summed E-state index contributed by atoms with van der Waals surface area (Å²) >= 11 is 0. The van der Waals surface area contributed by atoms with Gasteiger partial charge in [-0.05, 0) is 12.1 Å². The topological polar surface area (TPSA) is 144 Å². The van der Waals surface area contributed by atoms with Crippen molar-refractivity contribution < 1.29 is 30.3 Å². The molecule has 1 atom stereocenters. The molecule has 7 nitrogen and oxygen atoms in total. The number of benzene rings is 1. The number of aliphatic carboxylic acids is 1. The highest BCUT2D eigenvalue weighted by atomic mass is 16.5. The zero-order valence-corrected chi connectivity index (χ0v) is 8.03. The second kappa shape index (κ2) is 3.97. The van der Waals surface area contributed by atoms with Gasteiger partial charge in [-0.3, -0.25) is 4.79 Å². The lowest BCUT2D eigenvalue weighted by Crippen LogP contribution is -2.50. The van der Waals surface area contributed by atoms with Crippen molar-refractivity contribution in [3.63, 3.8) is 0 Å². The SMILES string of the molecule is NC(C(=O)O)C(O)(O)c1cccc(O)c1O. The van der Waals surface area contributed by atoms with Crippen molar-refractivity contribution in [2.45, 2.75) is 11.8 Å². The quantitative estimate of drug-likeness (QED) is 0.277. The van der Waals surface area contributed by atoms with E-state index in [9.17, 15) is 20.1 Å². The molecule has 0 fully saturated rings. The van der Waals surface area contributed by atoms with Gasteiger partial charge in [0.1, 0.15) is 0 Å². The van der Waals surface area contributed by atoms with Crippen LogP contribution < -0.4 is 5.73 Å². The van der Waals surface area contributed by atoms with E-state index in [0.717, 1.165) is 12.1 Å². The van der Waals surface area contributed by atoms with Gasteiger partial charge in [0, 0.05) is 0 Å². The first-order valence-electron chi connectivity index (χ1n) is 4.23. The first-order valence-corrected chi connectivity index (χ1v) is 4.23. The van der Waals surface area contributed by atoms with Crippen molar-refractivity contribution in [2.75, 3.05) is 0 Å². The molecule has 0 aliphatic carbocycles. The number of carboxylic acid groups (broad SMARTS) is 1. The minimum absolute atomic E-state index is 0.581. The van der Waals surface area contributed by atoms with Gasteiger partial charge in [-0.2, -0.15) is 0 Å². The van der Waals surface area contributed by atoms with Crippen LogP contribution in [0.2, 0.25) is 0 Å². The van der Waals surface area contributed by atoms with Crippen molar-refractivity contribution >= 4 is 5.97 Å². The van der Waals surface area contributed by atoms with E-state index in [1.54, 1.807) is 0 Å². The van der Waals surface area contributed by atoms with Crippen LogP contribution in [0.3, 0.4) is 0 Å². The summed E-state index contributed by atoms with van der Waals surface area (Å²) in [6, 6.07) is 1.29. The Kier molecular flexibility index (Phi) is 3.04. The van der Waals surface area contributed by atoms with Gasteiger partial charge in [0.05, 0.1) is 5.56 Å². The van der Waals surface area contributed by atoms with E-state index in [1.165, 1.54) is 6.07 Å². The predicted molar refractivity (Wildman–Crippen MR) is 51.5 cm³/mol. The first-order chi connectivity index (χ1) is 7.28. The van der Waals surface area contributed by atoms with E-state index in [1.807, 2.05) is 0 Å². The van der Waals surface area contributed by atoms with Gasteiger partial charge in [-0.15, -0.1) is 0 Å². The van der Waals surface area contributed by atoms with E-state index < -0.39 is 34.9 Å². The molecule has 0 aliphatic rings. The molecule has 0 amide bonds. The highest BCUT2D eigenvalue weighted by Crippen LogP contribution is 2.35. The molecule has 7 heteroatoms. The third-order valence-electron chi connectivity index (χ3n) is 2.11. The fourth-order valence-electron chi connectivity index (χ4n) is 1.17. The summed E-state index contributed by atoms with van der Waals surface area (Å²) < 4.78 is 0. The molecule has 7 N–H and O–H groups in total. The van der Waals surface area contributed by atoms with Crippen molar-refractivity contribution in [3.05, 3.63) is 23.8 Å². The zero-order chi connectivity index (χ0) is 12.5. The number of carbonyl (C=O) groups is 1. The maximum Gasteiger partial charge on any atom is 0.326 e. The average molecular weight is 229 g/mol. The Hall–Kier alpha value is -1.83. The van der Waals surface area contributed by atoms with E-state index in [2.05, 4.69) is 0 Å². The summed E-state index contributed by atoms with van der Waals surface area (Å²) in [4.78, 5) is 10.5. The molecule has 16 heavy (non-hydrogen) atoms. The lowest BCUT2D eigenvalue weighted by Gasteiger charge is -2.26. The maximum absolute atomic E-state index is 10.5. The van der Waals surface area contributed by atoms with Gasteiger partial charge >= 0.3 is 5.97 Å². The van der Waals surface area contributed by atoms with E-state index >= 15 is 0 Å². The number of carboxylic acids is 1. The van der Waals surface area contributed by atoms with Crippen LogP contribution in [-0.2, 0) is 10.6 Å². The maximum atomic E-state index is 10.5. The Morgan fingerprint density at radius 1 is 1.31 bits per heavy atom. The number of para-hydroxylation sites is 1. The van der Waals surface area contributed by atoms with Crippen molar-refractivity contribution in [1.29, 1.82) is 0 Å². The second-order valence-corrected chi connectivity index (χ2v) is 3.22. The van der Waals surface area contributed by atoms with Gasteiger partial charge < -0.3 is 31.3 Å². The molecule has 0 saturated carbocycles. The summed E-state index contributed by atoms with van der Waals surface area (Å²) in [6.07, 6.45) is 0. The summed E-state index contributed by atoms with van der Waals surface area (Å²) in [5.41, 5.74) is 4.47. The van der Waals surface area contributed by atoms with Crippen LogP contribution in [0.15, 0.2) is 18.2 Å². The molecule has 0 aliphatic heterocycles. The van der Waals surface area contributed by atoms with Crippen molar-refractivity contribution in [2.24, 2.45) is 5.73 Å². The molecule has 0 aromatic heterocycles. The monoisotopic (exact) mass is 229 g/mol. The molecule has 0 saturated heterocycles. The Balaban J connectivity index is 3.26. The van der Waals surface area contributed by atoms with Crippen molar-refractivity contribution in [1.82, 2.24) is 0 Å². The summed E-state index contributed by atoms with van der Waals surface area (Å²) in [5, 5.41) is 46.0. The van der Waals surface area contributed by atoms with E-state index in [4.69, 9.17) is 15.9 Å². The highest BCUT2D eigenvalue weighted by molar-refractivity contribution is 5.75. The molecule has 0 bridgehead atoms. The Morgan fingerprint density at radius 3 is 2.38 bits per heavy atom. The molecule has 1 aromatic carbocycles. The molecule has 0 heterocycles. The van der Waals surface area contributed by atoms with Crippen LogP contribution >= 0.6 is 0 Å². The molecule has 1 unspecified atom stereocenters. The van der Waals surface area contributed by atoms with Crippen LogP contribution in [0.1, 0.15) is 5.56 Å². The molecule has 1 aromatic rings. The summed E-state index contributed by atoms with van der Waals surface area (Å²) in [7, 11) is 0. The van der Waals surface area contributed by atoms with Gasteiger partial charge in [-0.1, -0.05) is 6.07 Å². The van der Waals surface area contributed by atoms with Gasteiger partial charge in [0.15, 0.2) is 17.5 Å². The molecule has 0 radical (unpaired) electrons. The molecular formula is C9H11NO6. The van der Waals surface area contributed by atoms with Crippen LogP contribution in [0, 0.1) is 0 Å². The fraction of sp³-hybridized carbons (Fsp3) is 0.222. The second-order valence-electron chi connectivity index (χ2n) is 3.22. The number of hydrogen-bond acceptors (Lipinski definition) is 6. The van der Waals surface area contributed by atoms with Crippen molar-refractivity contribution in [3.8, 4) is 11.5 Å². The van der Waals surface area contributed by atoms with Crippen LogP contribution in [-0.4, -0.2) is 37.5 Å². The fourth-order valence-corrected chi connectivity index (χ4v) is 1.17. The third kappa shape index (κ3) is 1.91. The number of aliphatic hydroxyl groups is 2. The molecular weight excluding hydrogens is 218 g/mol. The third-order valence-corrected chi connectivity index (χ3v) is 2.11. The van der Waals surface area contributed by atoms with E-state index in [0.29, 0.717) is 0 Å². The number of aromatic hydroxyl groups is 2. The minimum atomic E-state index is -2.98. The van der Waals surface area contributed by atoms with Gasteiger partial charge in [-0.25, -0.2) is 0 Å². The standard InChI is InChI=1S/C9H11NO6/c10-7(8(13)14)9(15,16)4-2-1-3-5(11)6(4)12/h1-3,7,11-12,15-16H,10H2,(H,13,14). The number of phenols is 2. The van der Waals surface area contributed by atoms with Crippen LogP contribution in [0.4, 0.5) is 0 Å². The first kappa shape index (κ1) is 12.2. The highest BCUT2D eigenvalue weighted by Gasteiger charge is 2.41. The summed E-state index contributed by atoms with van der Waals surface area (Å²) in [6.45, 7) is 0. The lowest BCUT2D eigenvalue weighted by molar-refractivity contribution is -0.197. The average Bonchev–Trinajstić information content (AvgIpc) is 2.20. The number of phenolic OH excluding ortho intramolecular Hbond substituents is 2. The summed E-state index contributed by atoms with van der Waals surface area (Å²) in [5.74, 6) is -6.08. The Morgan fingerprint density at radius 2 is 1.88 bits per heavy atom. The normalized spacial score (nSPS) is 13.4. The molecule has 88 valence electrons.